The molecule has 0 bridgehead atoms. The molecule has 25 heavy (non-hydrogen) atoms. The van der Waals surface area contributed by atoms with Gasteiger partial charge in [-0.2, -0.15) is 0 Å². The second kappa shape index (κ2) is 7.76. The molecule has 0 radical (unpaired) electrons. The van der Waals surface area contributed by atoms with E-state index < -0.39 is 31.0 Å². The van der Waals surface area contributed by atoms with E-state index >= 15 is 0 Å². The minimum atomic E-state index is -3.69. The first-order valence-electron chi connectivity index (χ1n) is 8.83. The lowest BCUT2D eigenvalue weighted by Gasteiger charge is -2.28. The molecule has 1 fully saturated rings. The van der Waals surface area contributed by atoms with Crippen molar-refractivity contribution in [3.05, 3.63) is 29.8 Å². The molecule has 0 N–H and O–H groups in total. The largest absolute Gasteiger partial charge is 0.301 e. The van der Waals surface area contributed by atoms with Crippen LogP contribution in [0.1, 0.15) is 45.1 Å². The van der Waals surface area contributed by atoms with Gasteiger partial charge in [0.05, 0.1) is 21.7 Å². The highest BCUT2D eigenvalue weighted by Gasteiger charge is 2.47. The first kappa shape index (κ1) is 20.4. The molecule has 142 valence electrons. The van der Waals surface area contributed by atoms with Crippen LogP contribution in [0.25, 0.3) is 0 Å². The van der Waals surface area contributed by atoms with Crippen molar-refractivity contribution in [3.8, 4) is 0 Å². The summed E-state index contributed by atoms with van der Waals surface area (Å²) in [6.07, 6.45) is 1.90. The van der Waals surface area contributed by atoms with E-state index in [1.165, 1.54) is 0 Å². The molecule has 0 unspecified atom stereocenters. The first-order valence-corrected chi connectivity index (χ1v) is 12.2. The Kier molecular flexibility index (Phi) is 6.33. The molecule has 2 rings (SSSR count). The molecule has 1 heterocycles. The van der Waals surface area contributed by atoms with Gasteiger partial charge in [0.2, 0.25) is 0 Å². The third kappa shape index (κ3) is 4.63. The quantitative estimate of drug-likeness (QED) is 0.719. The van der Waals surface area contributed by atoms with Crippen LogP contribution in [0.3, 0.4) is 0 Å². The molecule has 0 saturated carbocycles. The predicted octanol–water partition coefficient (Wildman–Crippen LogP) is 2.48. The summed E-state index contributed by atoms with van der Waals surface area (Å²) >= 11 is 0. The van der Waals surface area contributed by atoms with Crippen LogP contribution in [0.4, 0.5) is 0 Å². The van der Waals surface area contributed by atoms with Gasteiger partial charge in [-0.15, -0.1) is 0 Å². The van der Waals surface area contributed by atoms with Gasteiger partial charge >= 0.3 is 0 Å². The average molecular weight is 388 g/mol. The second-order valence-corrected chi connectivity index (χ2v) is 11.6. The van der Waals surface area contributed by atoms with Gasteiger partial charge in [-0.1, -0.05) is 39.3 Å². The Morgan fingerprint density at radius 1 is 1.16 bits per heavy atom. The molecule has 1 aromatic rings. The molecule has 0 aliphatic carbocycles. The van der Waals surface area contributed by atoms with Crippen molar-refractivity contribution in [3.63, 3.8) is 0 Å². The minimum Gasteiger partial charge on any atom is -0.301 e. The number of hydrogen-bond donors (Lipinski definition) is 0. The molecule has 1 aromatic carbocycles. The van der Waals surface area contributed by atoms with E-state index in [0.29, 0.717) is 12.5 Å². The fraction of sp³-hybridized carbons (Fsp3) is 0.667. The van der Waals surface area contributed by atoms with Crippen LogP contribution in [-0.2, 0) is 19.7 Å². The Balaban J connectivity index is 2.34. The molecule has 0 aromatic heterocycles. The number of unbranched alkanes of at least 4 members (excludes halogenated alkanes) is 1. The standard InChI is InChI=1S/C18H29NO4S2/c1-5-6-11-19(4)17-12-24(20,21)13-18(17)25(22,23)16-9-7-15(8-10-16)14(2)3/h7-10,14,17-18H,5-6,11-13H2,1-4H3/t17-,18-/m0/s1. The molecular weight excluding hydrogens is 358 g/mol. The van der Waals surface area contributed by atoms with Crippen molar-refractivity contribution < 1.29 is 16.8 Å². The molecule has 0 amide bonds. The summed E-state index contributed by atoms with van der Waals surface area (Å²) in [5.41, 5.74) is 1.06. The molecule has 5 nitrogen and oxygen atoms in total. The van der Waals surface area contributed by atoms with Gasteiger partial charge in [-0.05, 0) is 43.6 Å². The number of hydrogen-bond acceptors (Lipinski definition) is 5. The smallest absolute Gasteiger partial charge is 0.183 e. The van der Waals surface area contributed by atoms with Crippen molar-refractivity contribution in [1.82, 2.24) is 4.90 Å². The minimum absolute atomic E-state index is 0.0822. The molecule has 0 spiro atoms. The normalized spacial score (nSPS) is 23.4. The van der Waals surface area contributed by atoms with E-state index in [2.05, 4.69) is 6.92 Å². The maximum absolute atomic E-state index is 13.1. The SMILES string of the molecule is CCCCN(C)[C@H]1CS(=O)(=O)C[C@@H]1S(=O)(=O)c1ccc(C(C)C)cc1. The van der Waals surface area contributed by atoms with Gasteiger partial charge in [0, 0.05) is 6.04 Å². The van der Waals surface area contributed by atoms with Crippen LogP contribution < -0.4 is 0 Å². The Hall–Kier alpha value is -0.920. The van der Waals surface area contributed by atoms with E-state index in [-0.39, 0.29) is 16.4 Å². The maximum Gasteiger partial charge on any atom is 0.183 e. The lowest BCUT2D eigenvalue weighted by Crippen LogP contribution is -2.44. The van der Waals surface area contributed by atoms with Crippen LogP contribution in [-0.4, -0.2) is 58.1 Å². The summed E-state index contributed by atoms with van der Waals surface area (Å²) in [6.45, 7) is 6.86. The van der Waals surface area contributed by atoms with E-state index in [4.69, 9.17) is 0 Å². The van der Waals surface area contributed by atoms with Crippen LogP contribution in [0.5, 0.6) is 0 Å². The van der Waals surface area contributed by atoms with E-state index in [1.54, 1.807) is 12.1 Å². The number of sulfone groups is 2. The summed E-state index contributed by atoms with van der Waals surface area (Å²) in [5, 5.41) is -0.899. The summed E-state index contributed by atoms with van der Waals surface area (Å²) in [5.74, 6) is -0.0552. The third-order valence-electron chi connectivity index (χ3n) is 4.98. The molecule has 2 atom stereocenters. The zero-order valence-corrected chi connectivity index (χ0v) is 17.1. The van der Waals surface area contributed by atoms with E-state index in [9.17, 15) is 16.8 Å². The van der Waals surface area contributed by atoms with Crippen molar-refractivity contribution in [1.29, 1.82) is 0 Å². The highest BCUT2D eigenvalue weighted by atomic mass is 32.2. The van der Waals surface area contributed by atoms with Crippen molar-refractivity contribution in [2.24, 2.45) is 0 Å². The van der Waals surface area contributed by atoms with E-state index in [1.807, 2.05) is 37.9 Å². The topological polar surface area (TPSA) is 71.5 Å². The van der Waals surface area contributed by atoms with Crippen LogP contribution >= 0.6 is 0 Å². The van der Waals surface area contributed by atoms with Crippen molar-refractivity contribution >= 4 is 19.7 Å². The molecular formula is C18H29NO4S2. The Labute approximate surface area is 152 Å². The van der Waals surface area contributed by atoms with Gasteiger partial charge < -0.3 is 4.90 Å². The number of rotatable bonds is 7. The highest BCUT2D eigenvalue weighted by Crippen LogP contribution is 2.29. The Morgan fingerprint density at radius 2 is 1.76 bits per heavy atom. The summed E-state index contributed by atoms with van der Waals surface area (Å²) in [4.78, 5) is 2.12. The maximum atomic E-state index is 13.1. The number of benzene rings is 1. The second-order valence-electron chi connectivity index (χ2n) is 7.29. The molecule has 7 heteroatoms. The average Bonchev–Trinajstić information content (AvgIpc) is 2.89. The number of nitrogens with zero attached hydrogens (tertiary/aromatic N) is 1. The van der Waals surface area contributed by atoms with E-state index in [0.717, 1.165) is 18.4 Å². The fourth-order valence-corrected chi connectivity index (χ4v) is 8.20. The monoisotopic (exact) mass is 387 g/mol. The third-order valence-corrected chi connectivity index (χ3v) is 9.11. The molecule has 1 saturated heterocycles. The lowest BCUT2D eigenvalue weighted by molar-refractivity contribution is 0.259. The van der Waals surface area contributed by atoms with Crippen LogP contribution in [0, 0.1) is 0 Å². The van der Waals surface area contributed by atoms with Crippen molar-refractivity contribution in [2.75, 3.05) is 25.1 Å². The van der Waals surface area contributed by atoms with Crippen LogP contribution in [0.2, 0.25) is 0 Å². The van der Waals surface area contributed by atoms with Gasteiger partial charge in [-0.25, -0.2) is 16.8 Å². The van der Waals surface area contributed by atoms with Crippen LogP contribution in [0.15, 0.2) is 29.2 Å². The molecule has 1 aliphatic heterocycles. The lowest BCUT2D eigenvalue weighted by atomic mass is 10.0. The zero-order chi connectivity index (χ0) is 18.8. The highest BCUT2D eigenvalue weighted by molar-refractivity contribution is 7.96. The van der Waals surface area contributed by atoms with Gasteiger partial charge in [0.1, 0.15) is 0 Å². The Bertz CT molecular complexity index is 783. The van der Waals surface area contributed by atoms with Gasteiger partial charge in [0.25, 0.3) is 0 Å². The summed E-state index contributed by atoms with van der Waals surface area (Å²) < 4.78 is 50.5. The molecule has 1 aliphatic rings. The summed E-state index contributed by atoms with van der Waals surface area (Å²) in [6, 6.07) is 6.37. The Morgan fingerprint density at radius 3 is 2.28 bits per heavy atom. The fourth-order valence-electron chi connectivity index (χ4n) is 3.29. The van der Waals surface area contributed by atoms with Gasteiger partial charge in [-0.3, -0.25) is 0 Å². The first-order chi connectivity index (χ1) is 11.6. The predicted molar refractivity (Wildman–Crippen MR) is 101 cm³/mol. The summed E-state index contributed by atoms with van der Waals surface area (Å²) in [7, 11) is -5.22. The van der Waals surface area contributed by atoms with Crippen molar-refractivity contribution in [2.45, 2.75) is 55.7 Å². The zero-order valence-electron chi connectivity index (χ0n) is 15.5. The van der Waals surface area contributed by atoms with Gasteiger partial charge in [0.15, 0.2) is 19.7 Å².